The van der Waals surface area contributed by atoms with E-state index in [0.717, 1.165) is 18.1 Å². The van der Waals surface area contributed by atoms with E-state index in [1.807, 2.05) is 12.3 Å². The Balaban J connectivity index is 1.57. The van der Waals surface area contributed by atoms with Crippen molar-refractivity contribution in [3.8, 4) is 0 Å². The Labute approximate surface area is 160 Å². The summed E-state index contributed by atoms with van der Waals surface area (Å²) in [5, 5.41) is 9.36. The predicted molar refractivity (Wildman–Crippen MR) is 106 cm³/mol. The zero-order valence-electron chi connectivity index (χ0n) is 16.1. The summed E-state index contributed by atoms with van der Waals surface area (Å²) in [6.45, 7) is 5.41. The molecule has 1 aromatic carbocycles. The number of pyridine rings is 1. The Morgan fingerprint density at radius 1 is 1.00 bits per heavy atom. The molecule has 0 unspecified atom stereocenters. The molecule has 2 aromatic heterocycles. The summed E-state index contributed by atoms with van der Waals surface area (Å²) in [4.78, 5) is 4.63. The van der Waals surface area contributed by atoms with Gasteiger partial charge in [-0.05, 0) is 57.2 Å². The molecule has 0 bridgehead atoms. The second kappa shape index (κ2) is 6.01. The lowest BCUT2D eigenvalue weighted by molar-refractivity contribution is 0.463. The molecule has 138 valence electrons. The lowest BCUT2D eigenvalue weighted by Crippen LogP contribution is -2.29. The fourth-order valence-electron chi connectivity index (χ4n) is 4.21. The van der Waals surface area contributed by atoms with Crippen molar-refractivity contribution in [2.24, 2.45) is 0 Å². The molecule has 0 radical (unpaired) electrons. The van der Waals surface area contributed by atoms with E-state index in [9.17, 15) is 0 Å². The third-order valence-electron chi connectivity index (χ3n) is 6.29. The van der Waals surface area contributed by atoms with E-state index in [2.05, 4.69) is 71.0 Å². The van der Waals surface area contributed by atoms with Gasteiger partial charge in [-0.1, -0.05) is 36.4 Å². The van der Waals surface area contributed by atoms with Gasteiger partial charge in [0.25, 0.3) is 0 Å². The Hall–Kier alpha value is -2.49. The smallest absolute Gasteiger partial charge is 0.144 e. The average molecular weight is 358 g/mol. The second-order valence-corrected chi connectivity index (χ2v) is 8.73. The molecule has 0 N–H and O–H groups in total. The molecule has 4 nitrogen and oxygen atoms in total. The molecule has 27 heavy (non-hydrogen) atoms. The van der Waals surface area contributed by atoms with Gasteiger partial charge in [0.1, 0.15) is 11.6 Å². The van der Waals surface area contributed by atoms with E-state index < -0.39 is 0 Å². The number of rotatable bonds is 6. The minimum absolute atomic E-state index is 0.238. The third-order valence-corrected chi connectivity index (χ3v) is 6.29. The molecule has 0 amide bonds. The van der Waals surface area contributed by atoms with Gasteiger partial charge < -0.3 is 4.57 Å². The third kappa shape index (κ3) is 2.88. The summed E-state index contributed by atoms with van der Waals surface area (Å²) in [7, 11) is 0. The van der Waals surface area contributed by atoms with Gasteiger partial charge in [0.05, 0.1) is 11.1 Å². The lowest BCUT2D eigenvalue weighted by Gasteiger charge is -2.27. The summed E-state index contributed by atoms with van der Waals surface area (Å²) >= 11 is 0. The fraction of sp³-hybridized carbons (Fsp3) is 0.435. The molecule has 3 aromatic rings. The first-order valence-electron chi connectivity index (χ1n) is 10.0. The first-order valence-corrected chi connectivity index (χ1v) is 10.0. The normalized spacial score (nSPS) is 18.4. The van der Waals surface area contributed by atoms with Gasteiger partial charge in [-0.2, -0.15) is 0 Å². The number of hydrogen-bond donors (Lipinski definition) is 0. The average Bonchev–Trinajstić information content (AvgIpc) is 3.63. The molecule has 0 saturated heterocycles. The van der Waals surface area contributed by atoms with Crippen LogP contribution in [0.25, 0.3) is 0 Å². The Morgan fingerprint density at radius 3 is 2.37 bits per heavy atom. The van der Waals surface area contributed by atoms with Gasteiger partial charge in [0, 0.05) is 24.1 Å². The van der Waals surface area contributed by atoms with Gasteiger partial charge in [0.2, 0.25) is 0 Å². The minimum atomic E-state index is -0.270. The van der Waals surface area contributed by atoms with Gasteiger partial charge in [-0.25, -0.2) is 0 Å². The highest BCUT2D eigenvalue weighted by molar-refractivity contribution is 5.33. The summed E-state index contributed by atoms with van der Waals surface area (Å²) in [5.41, 5.74) is 2.46. The minimum Gasteiger partial charge on any atom is -0.313 e. The molecule has 4 heteroatoms. The first kappa shape index (κ1) is 16.7. The Kier molecular flexibility index (Phi) is 3.71. The van der Waals surface area contributed by atoms with Crippen molar-refractivity contribution in [1.82, 2.24) is 19.7 Å². The van der Waals surface area contributed by atoms with E-state index in [4.69, 9.17) is 5.10 Å². The predicted octanol–water partition coefficient (Wildman–Crippen LogP) is 4.61. The molecule has 0 atom stereocenters. The van der Waals surface area contributed by atoms with Crippen molar-refractivity contribution in [3.05, 3.63) is 77.6 Å². The quantitative estimate of drug-likeness (QED) is 0.646. The standard InChI is InChI=1S/C23H26N4/c1-22(2,19-10-6-7-15-24-19)21-26-25-20(17-11-12-17)27(21)16-23(13-14-23)18-8-4-3-5-9-18/h3-10,15,17H,11-14,16H2,1-2H3. The van der Waals surface area contributed by atoms with Crippen LogP contribution < -0.4 is 0 Å². The first-order chi connectivity index (χ1) is 13.1. The van der Waals surface area contributed by atoms with Crippen LogP contribution >= 0.6 is 0 Å². The lowest BCUT2D eigenvalue weighted by atomic mass is 9.87. The maximum absolute atomic E-state index is 4.70. The van der Waals surface area contributed by atoms with Crippen LogP contribution in [0.1, 0.15) is 68.4 Å². The molecule has 2 heterocycles. The number of benzene rings is 1. The molecular weight excluding hydrogens is 332 g/mol. The fourth-order valence-corrected chi connectivity index (χ4v) is 4.21. The topological polar surface area (TPSA) is 43.6 Å². The van der Waals surface area contributed by atoms with Crippen molar-refractivity contribution >= 4 is 0 Å². The van der Waals surface area contributed by atoms with Gasteiger partial charge in [-0.3, -0.25) is 4.98 Å². The van der Waals surface area contributed by atoms with E-state index in [1.165, 1.54) is 37.1 Å². The molecule has 2 aliphatic carbocycles. The van der Waals surface area contributed by atoms with Gasteiger partial charge in [-0.15, -0.1) is 10.2 Å². The zero-order valence-corrected chi connectivity index (χ0v) is 16.1. The summed E-state index contributed by atoms with van der Waals surface area (Å²) < 4.78 is 2.44. The van der Waals surface area contributed by atoms with Crippen LogP contribution in [-0.2, 0) is 17.4 Å². The molecule has 5 rings (SSSR count). The SMILES string of the molecule is CC(C)(c1ccccn1)c1nnc(C2CC2)n1CC1(c2ccccc2)CC1. The monoisotopic (exact) mass is 358 g/mol. The Bertz CT molecular complexity index is 935. The van der Waals surface area contributed by atoms with Crippen LogP contribution in [0.4, 0.5) is 0 Å². The largest absolute Gasteiger partial charge is 0.313 e. The maximum Gasteiger partial charge on any atom is 0.144 e. The number of aromatic nitrogens is 4. The van der Waals surface area contributed by atoms with Crippen molar-refractivity contribution < 1.29 is 0 Å². The van der Waals surface area contributed by atoms with Crippen molar-refractivity contribution in [2.45, 2.75) is 62.8 Å². The highest BCUT2D eigenvalue weighted by atomic mass is 15.3. The Morgan fingerprint density at radius 2 is 1.74 bits per heavy atom. The molecule has 2 saturated carbocycles. The van der Waals surface area contributed by atoms with Crippen LogP contribution in [0.3, 0.4) is 0 Å². The summed E-state index contributed by atoms with van der Waals surface area (Å²) in [5.74, 6) is 2.80. The number of nitrogens with zero attached hydrogens (tertiary/aromatic N) is 4. The van der Waals surface area contributed by atoms with Crippen molar-refractivity contribution in [3.63, 3.8) is 0 Å². The molecule has 2 fully saturated rings. The van der Waals surface area contributed by atoms with Crippen LogP contribution in [0, 0.1) is 0 Å². The second-order valence-electron chi connectivity index (χ2n) is 8.73. The maximum atomic E-state index is 4.70. The van der Waals surface area contributed by atoms with Gasteiger partial charge in [0.15, 0.2) is 0 Å². The van der Waals surface area contributed by atoms with Gasteiger partial charge >= 0.3 is 0 Å². The highest BCUT2D eigenvalue weighted by Gasteiger charge is 2.47. The van der Waals surface area contributed by atoms with E-state index in [0.29, 0.717) is 5.92 Å². The molecule has 2 aliphatic rings. The zero-order chi connectivity index (χ0) is 18.5. The summed E-state index contributed by atoms with van der Waals surface area (Å²) in [6.07, 6.45) is 6.82. The van der Waals surface area contributed by atoms with Crippen molar-refractivity contribution in [1.29, 1.82) is 0 Å². The molecule has 0 aliphatic heterocycles. The summed E-state index contributed by atoms with van der Waals surface area (Å²) in [6, 6.07) is 17.1. The van der Waals surface area contributed by atoms with E-state index >= 15 is 0 Å². The van der Waals surface area contributed by atoms with Crippen LogP contribution in [0.2, 0.25) is 0 Å². The molecule has 0 spiro atoms. The van der Waals surface area contributed by atoms with E-state index in [1.54, 1.807) is 0 Å². The van der Waals surface area contributed by atoms with Crippen LogP contribution in [-0.4, -0.2) is 19.7 Å². The highest BCUT2D eigenvalue weighted by Crippen LogP contribution is 2.51. The van der Waals surface area contributed by atoms with E-state index in [-0.39, 0.29) is 10.8 Å². The number of hydrogen-bond acceptors (Lipinski definition) is 3. The van der Waals surface area contributed by atoms with Crippen molar-refractivity contribution in [2.75, 3.05) is 0 Å². The van der Waals surface area contributed by atoms with Crippen LogP contribution in [0.5, 0.6) is 0 Å². The van der Waals surface area contributed by atoms with Crippen LogP contribution in [0.15, 0.2) is 54.7 Å². The molecular formula is C23H26N4.